The predicted molar refractivity (Wildman–Crippen MR) is 101 cm³/mol. The molecule has 1 amide bonds. The highest BCUT2D eigenvalue weighted by atomic mass is 16.5. The summed E-state index contributed by atoms with van der Waals surface area (Å²) in [5.41, 5.74) is 3.77. The Hall–Kier alpha value is -2.63. The van der Waals surface area contributed by atoms with E-state index in [1.54, 1.807) is 0 Å². The maximum atomic E-state index is 12.6. The molecule has 0 spiro atoms. The predicted octanol–water partition coefficient (Wildman–Crippen LogP) is 4.00. The van der Waals surface area contributed by atoms with Gasteiger partial charge < -0.3 is 14.8 Å². The van der Waals surface area contributed by atoms with Crippen LogP contribution in [-0.4, -0.2) is 21.0 Å². The fraction of sp³-hybridized carbons (Fsp3) is 0.450. The molecule has 0 aliphatic carbocycles. The monoisotopic (exact) mass is 354 g/mol. The maximum Gasteiger partial charge on any atom is 0.220 e. The molecule has 0 aliphatic heterocycles. The standard InChI is InChI=1S/C20H26N4O2/c1-5-12(2)19(20-21-16-8-6-7-9-17(16)22-20)23-18(25)11-10-15-13(3)24-26-14(15)4/h6-9,12,19H,5,10-11H2,1-4H3,(H,21,22)(H,23,25)/t12-,19+/m1/s1. The van der Waals surface area contributed by atoms with Crippen molar-refractivity contribution < 1.29 is 9.32 Å². The molecule has 0 aliphatic rings. The molecule has 1 aromatic carbocycles. The molecule has 0 bridgehead atoms. The summed E-state index contributed by atoms with van der Waals surface area (Å²) in [5, 5.41) is 7.11. The Morgan fingerprint density at radius 2 is 2.08 bits per heavy atom. The van der Waals surface area contributed by atoms with Gasteiger partial charge in [-0.3, -0.25) is 4.79 Å². The average molecular weight is 354 g/mol. The summed E-state index contributed by atoms with van der Waals surface area (Å²) in [7, 11) is 0. The molecular formula is C20H26N4O2. The van der Waals surface area contributed by atoms with Crippen LogP contribution in [-0.2, 0) is 11.2 Å². The number of nitrogens with one attached hydrogen (secondary N) is 2. The van der Waals surface area contributed by atoms with E-state index in [9.17, 15) is 4.79 Å². The Morgan fingerprint density at radius 1 is 1.31 bits per heavy atom. The zero-order valence-electron chi connectivity index (χ0n) is 15.8. The minimum absolute atomic E-state index is 0.00996. The molecule has 0 saturated carbocycles. The molecule has 2 heterocycles. The zero-order valence-corrected chi connectivity index (χ0v) is 15.8. The van der Waals surface area contributed by atoms with E-state index in [-0.39, 0.29) is 17.9 Å². The first kappa shape index (κ1) is 18.2. The summed E-state index contributed by atoms with van der Waals surface area (Å²) in [4.78, 5) is 20.6. The zero-order chi connectivity index (χ0) is 18.7. The third kappa shape index (κ3) is 3.79. The molecule has 6 heteroatoms. The second kappa shape index (κ2) is 7.72. The number of H-pyrrole nitrogens is 1. The normalized spacial score (nSPS) is 13.7. The Kier molecular flexibility index (Phi) is 5.40. The van der Waals surface area contributed by atoms with Crippen molar-refractivity contribution in [1.82, 2.24) is 20.4 Å². The fourth-order valence-corrected chi connectivity index (χ4v) is 3.18. The third-order valence-corrected chi connectivity index (χ3v) is 5.02. The molecule has 26 heavy (non-hydrogen) atoms. The van der Waals surface area contributed by atoms with E-state index in [0.717, 1.165) is 40.3 Å². The molecule has 0 saturated heterocycles. The number of aromatic amines is 1. The van der Waals surface area contributed by atoms with Crippen LogP contribution in [0.15, 0.2) is 28.8 Å². The summed E-state index contributed by atoms with van der Waals surface area (Å²) < 4.78 is 5.17. The van der Waals surface area contributed by atoms with Crippen molar-refractivity contribution in [2.45, 2.75) is 53.0 Å². The summed E-state index contributed by atoms with van der Waals surface area (Å²) >= 11 is 0. The lowest BCUT2D eigenvalue weighted by molar-refractivity contribution is -0.122. The second-order valence-corrected chi connectivity index (χ2v) is 6.87. The highest BCUT2D eigenvalue weighted by molar-refractivity contribution is 5.77. The van der Waals surface area contributed by atoms with Gasteiger partial charge in [0.05, 0.1) is 22.8 Å². The molecule has 0 fully saturated rings. The first-order chi connectivity index (χ1) is 12.5. The van der Waals surface area contributed by atoms with Crippen LogP contribution in [0, 0.1) is 19.8 Å². The van der Waals surface area contributed by atoms with Crippen molar-refractivity contribution in [1.29, 1.82) is 0 Å². The van der Waals surface area contributed by atoms with Crippen LogP contribution >= 0.6 is 0 Å². The Labute approximate surface area is 153 Å². The van der Waals surface area contributed by atoms with Gasteiger partial charge in [0, 0.05) is 12.0 Å². The highest BCUT2D eigenvalue weighted by Crippen LogP contribution is 2.25. The molecule has 2 N–H and O–H groups in total. The molecule has 2 aromatic heterocycles. The van der Waals surface area contributed by atoms with Gasteiger partial charge in [-0.05, 0) is 38.3 Å². The van der Waals surface area contributed by atoms with E-state index in [4.69, 9.17) is 4.52 Å². The number of aryl methyl sites for hydroxylation is 2. The lowest BCUT2D eigenvalue weighted by Gasteiger charge is -2.22. The smallest absolute Gasteiger partial charge is 0.220 e. The number of imidazole rings is 1. The van der Waals surface area contributed by atoms with Crippen LogP contribution in [0.4, 0.5) is 0 Å². The minimum Gasteiger partial charge on any atom is -0.361 e. The summed E-state index contributed by atoms with van der Waals surface area (Å²) in [6, 6.07) is 7.78. The van der Waals surface area contributed by atoms with Crippen LogP contribution < -0.4 is 5.32 Å². The quantitative estimate of drug-likeness (QED) is 0.671. The molecule has 3 rings (SSSR count). The van der Waals surface area contributed by atoms with E-state index in [1.165, 1.54) is 0 Å². The maximum absolute atomic E-state index is 12.6. The average Bonchev–Trinajstić information content (AvgIpc) is 3.20. The molecule has 2 atom stereocenters. The summed E-state index contributed by atoms with van der Waals surface area (Å²) in [6.07, 6.45) is 1.97. The van der Waals surface area contributed by atoms with E-state index in [0.29, 0.717) is 12.8 Å². The second-order valence-electron chi connectivity index (χ2n) is 6.87. The van der Waals surface area contributed by atoms with E-state index >= 15 is 0 Å². The van der Waals surface area contributed by atoms with Gasteiger partial charge in [-0.25, -0.2) is 4.98 Å². The van der Waals surface area contributed by atoms with Crippen molar-refractivity contribution in [2.24, 2.45) is 5.92 Å². The van der Waals surface area contributed by atoms with Crippen molar-refractivity contribution in [3.05, 3.63) is 47.1 Å². The number of benzene rings is 1. The minimum atomic E-state index is -0.135. The topological polar surface area (TPSA) is 83.8 Å². The number of hydrogen-bond donors (Lipinski definition) is 2. The van der Waals surface area contributed by atoms with Gasteiger partial charge in [0.15, 0.2) is 0 Å². The van der Waals surface area contributed by atoms with Crippen LogP contribution in [0.2, 0.25) is 0 Å². The van der Waals surface area contributed by atoms with E-state index in [1.807, 2.05) is 38.1 Å². The molecule has 138 valence electrons. The Morgan fingerprint density at radius 3 is 2.73 bits per heavy atom. The number of rotatable bonds is 7. The molecule has 3 aromatic rings. The van der Waals surface area contributed by atoms with Gasteiger partial charge >= 0.3 is 0 Å². The van der Waals surface area contributed by atoms with Crippen molar-refractivity contribution in [2.75, 3.05) is 0 Å². The van der Waals surface area contributed by atoms with Crippen molar-refractivity contribution in [3.8, 4) is 0 Å². The number of para-hydroxylation sites is 2. The van der Waals surface area contributed by atoms with Crippen molar-refractivity contribution in [3.63, 3.8) is 0 Å². The summed E-state index contributed by atoms with van der Waals surface area (Å²) in [6.45, 7) is 8.03. The SMILES string of the molecule is CC[C@@H](C)[C@H](NC(=O)CCc1c(C)noc1C)c1nc2ccccc2[nH]1. The first-order valence-electron chi connectivity index (χ1n) is 9.15. The lowest BCUT2D eigenvalue weighted by Crippen LogP contribution is -2.33. The number of hydrogen-bond acceptors (Lipinski definition) is 4. The summed E-state index contributed by atoms with van der Waals surface area (Å²) in [5.74, 6) is 1.88. The van der Waals surface area contributed by atoms with E-state index in [2.05, 4.69) is 34.3 Å². The highest BCUT2D eigenvalue weighted by Gasteiger charge is 2.23. The molecule has 0 unspecified atom stereocenters. The fourth-order valence-electron chi connectivity index (χ4n) is 3.18. The van der Waals surface area contributed by atoms with Crippen LogP contribution in [0.5, 0.6) is 0 Å². The Balaban J connectivity index is 1.73. The van der Waals surface area contributed by atoms with Gasteiger partial charge in [0.25, 0.3) is 0 Å². The number of aromatic nitrogens is 3. The van der Waals surface area contributed by atoms with Crippen LogP contribution in [0.25, 0.3) is 11.0 Å². The molecule has 0 radical (unpaired) electrons. The van der Waals surface area contributed by atoms with Gasteiger partial charge in [-0.1, -0.05) is 37.6 Å². The van der Waals surface area contributed by atoms with Crippen molar-refractivity contribution >= 4 is 16.9 Å². The van der Waals surface area contributed by atoms with Gasteiger partial charge in [-0.2, -0.15) is 0 Å². The van der Waals surface area contributed by atoms with E-state index < -0.39 is 0 Å². The molecular weight excluding hydrogens is 328 g/mol. The lowest BCUT2D eigenvalue weighted by atomic mass is 9.98. The first-order valence-corrected chi connectivity index (χ1v) is 9.15. The third-order valence-electron chi connectivity index (χ3n) is 5.02. The largest absolute Gasteiger partial charge is 0.361 e. The number of carbonyl (C=O) groups excluding carboxylic acids is 1. The number of amides is 1. The van der Waals surface area contributed by atoms with Crippen LogP contribution in [0.3, 0.4) is 0 Å². The van der Waals surface area contributed by atoms with Gasteiger partial charge in [-0.15, -0.1) is 0 Å². The van der Waals surface area contributed by atoms with Gasteiger partial charge in [0.2, 0.25) is 5.91 Å². The number of fused-ring (bicyclic) bond motifs is 1. The van der Waals surface area contributed by atoms with Gasteiger partial charge in [0.1, 0.15) is 11.6 Å². The molecule has 6 nitrogen and oxygen atoms in total. The number of carbonyl (C=O) groups is 1. The Bertz CT molecular complexity index is 844. The number of nitrogens with zero attached hydrogens (tertiary/aromatic N) is 2. The van der Waals surface area contributed by atoms with Crippen LogP contribution in [0.1, 0.15) is 55.6 Å².